The highest BCUT2D eigenvalue weighted by Gasteiger charge is 2.33. The summed E-state index contributed by atoms with van der Waals surface area (Å²) in [6.45, 7) is 0.419. The molecule has 0 bridgehead atoms. The molecule has 0 spiro atoms. The average molecular weight is 272 g/mol. The van der Waals surface area contributed by atoms with Gasteiger partial charge in [0.2, 0.25) is 0 Å². The molecule has 18 heavy (non-hydrogen) atoms. The molecule has 1 aromatic heterocycles. The van der Waals surface area contributed by atoms with Gasteiger partial charge in [0.25, 0.3) is 0 Å². The summed E-state index contributed by atoms with van der Waals surface area (Å²) in [6, 6.07) is 7.89. The van der Waals surface area contributed by atoms with E-state index in [0.717, 1.165) is 11.5 Å². The van der Waals surface area contributed by atoms with Crippen LogP contribution in [-0.2, 0) is 6.18 Å². The second kappa shape index (κ2) is 5.16. The smallest absolute Gasteiger partial charge is 0.330 e. The lowest BCUT2D eigenvalue weighted by molar-refractivity contribution is -0.141. The molecule has 96 valence electrons. The number of nitrogens with zero attached hydrogens (tertiary/aromatic N) is 1. The Morgan fingerprint density at radius 3 is 2.61 bits per heavy atom. The third-order valence-corrected chi connectivity index (χ3v) is 3.43. The molecule has 1 aromatic carbocycles. The highest BCUT2D eigenvalue weighted by molar-refractivity contribution is 7.99. The van der Waals surface area contributed by atoms with Crippen molar-refractivity contribution in [2.24, 2.45) is 5.73 Å². The SMILES string of the molecule is NCCSc1cc(C(F)(F)F)nc2ccccc12. The van der Waals surface area contributed by atoms with Crippen LogP contribution in [0.1, 0.15) is 5.69 Å². The minimum Gasteiger partial charge on any atom is -0.330 e. The van der Waals surface area contributed by atoms with Crippen LogP contribution >= 0.6 is 11.8 Å². The number of thioether (sulfide) groups is 1. The van der Waals surface area contributed by atoms with Gasteiger partial charge in [-0.2, -0.15) is 13.2 Å². The third kappa shape index (κ3) is 2.76. The Kier molecular flexibility index (Phi) is 3.77. The van der Waals surface area contributed by atoms with E-state index in [1.54, 1.807) is 24.3 Å². The molecule has 2 aromatic rings. The van der Waals surface area contributed by atoms with Crippen LogP contribution in [0.3, 0.4) is 0 Å². The van der Waals surface area contributed by atoms with Crippen LogP contribution in [0, 0.1) is 0 Å². The molecule has 0 aliphatic heterocycles. The lowest BCUT2D eigenvalue weighted by atomic mass is 10.2. The molecule has 0 fully saturated rings. The Morgan fingerprint density at radius 1 is 1.22 bits per heavy atom. The van der Waals surface area contributed by atoms with E-state index in [0.29, 0.717) is 22.7 Å². The molecular formula is C12H11F3N2S. The fraction of sp³-hybridized carbons (Fsp3) is 0.250. The second-order valence-electron chi connectivity index (χ2n) is 3.66. The second-order valence-corrected chi connectivity index (χ2v) is 4.79. The molecule has 0 saturated heterocycles. The number of nitrogens with two attached hydrogens (primary N) is 1. The van der Waals surface area contributed by atoms with Crippen LogP contribution in [0.4, 0.5) is 13.2 Å². The van der Waals surface area contributed by atoms with Crippen molar-refractivity contribution in [3.8, 4) is 0 Å². The van der Waals surface area contributed by atoms with Crippen LogP contribution in [0.25, 0.3) is 10.9 Å². The zero-order valence-corrected chi connectivity index (χ0v) is 10.2. The summed E-state index contributed by atoms with van der Waals surface area (Å²) in [5.41, 5.74) is 4.88. The average Bonchev–Trinajstić information content (AvgIpc) is 2.34. The topological polar surface area (TPSA) is 38.9 Å². The van der Waals surface area contributed by atoms with Gasteiger partial charge in [0.05, 0.1) is 5.52 Å². The standard InChI is InChI=1S/C12H11F3N2S/c13-12(14,15)11-7-10(18-6-5-16)8-3-1-2-4-9(8)17-11/h1-4,7H,5-6,16H2. The van der Waals surface area contributed by atoms with Gasteiger partial charge in [0.15, 0.2) is 0 Å². The molecule has 6 heteroatoms. The molecular weight excluding hydrogens is 261 g/mol. The number of benzene rings is 1. The monoisotopic (exact) mass is 272 g/mol. The lowest BCUT2D eigenvalue weighted by Crippen LogP contribution is -2.08. The van der Waals surface area contributed by atoms with Gasteiger partial charge in [-0.3, -0.25) is 0 Å². The largest absolute Gasteiger partial charge is 0.433 e. The van der Waals surface area contributed by atoms with E-state index in [4.69, 9.17) is 5.73 Å². The van der Waals surface area contributed by atoms with E-state index in [9.17, 15) is 13.2 Å². The van der Waals surface area contributed by atoms with E-state index in [2.05, 4.69) is 4.98 Å². The molecule has 0 aliphatic carbocycles. The Balaban J connectivity index is 2.57. The van der Waals surface area contributed by atoms with Gasteiger partial charge in [-0.15, -0.1) is 11.8 Å². The maximum absolute atomic E-state index is 12.7. The van der Waals surface area contributed by atoms with Crippen molar-refractivity contribution in [2.75, 3.05) is 12.3 Å². The Bertz CT molecular complexity index is 555. The summed E-state index contributed by atoms with van der Waals surface area (Å²) in [5, 5.41) is 0.726. The number of hydrogen-bond donors (Lipinski definition) is 1. The van der Waals surface area contributed by atoms with Gasteiger partial charge in [0, 0.05) is 22.6 Å². The third-order valence-electron chi connectivity index (χ3n) is 2.34. The van der Waals surface area contributed by atoms with Crippen LogP contribution in [0.15, 0.2) is 35.2 Å². The molecule has 2 nitrogen and oxygen atoms in total. The van der Waals surface area contributed by atoms with Crippen LogP contribution < -0.4 is 5.73 Å². The number of halogens is 3. The molecule has 0 atom stereocenters. The number of aromatic nitrogens is 1. The number of fused-ring (bicyclic) bond motifs is 1. The van der Waals surface area contributed by atoms with Crippen LogP contribution in [-0.4, -0.2) is 17.3 Å². The maximum atomic E-state index is 12.7. The number of rotatable bonds is 3. The number of para-hydroxylation sites is 1. The molecule has 0 aliphatic rings. The minimum atomic E-state index is -4.43. The van der Waals surface area contributed by atoms with Gasteiger partial charge >= 0.3 is 6.18 Å². The molecule has 2 rings (SSSR count). The van der Waals surface area contributed by atoms with Crippen LogP contribution in [0.5, 0.6) is 0 Å². The van der Waals surface area contributed by atoms with Crippen molar-refractivity contribution in [3.05, 3.63) is 36.0 Å². The first-order valence-electron chi connectivity index (χ1n) is 5.32. The molecule has 0 radical (unpaired) electrons. The maximum Gasteiger partial charge on any atom is 0.433 e. The quantitative estimate of drug-likeness (QED) is 0.871. The molecule has 0 unspecified atom stereocenters. The van der Waals surface area contributed by atoms with Gasteiger partial charge < -0.3 is 5.73 Å². The fourth-order valence-corrected chi connectivity index (χ4v) is 2.44. The summed E-state index contributed by atoms with van der Waals surface area (Å²) in [6.07, 6.45) is -4.43. The number of pyridine rings is 1. The van der Waals surface area contributed by atoms with Crippen LogP contribution in [0.2, 0.25) is 0 Å². The van der Waals surface area contributed by atoms with Gasteiger partial charge in [-0.1, -0.05) is 18.2 Å². The van der Waals surface area contributed by atoms with Gasteiger partial charge in [0.1, 0.15) is 5.69 Å². The van der Waals surface area contributed by atoms with Crippen molar-refractivity contribution in [1.29, 1.82) is 0 Å². The van der Waals surface area contributed by atoms with Crippen molar-refractivity contribution >= 4 is 22.7 Å². The Morgan fingerprint density at radius 2 is 1.94 bits per heavy atom. The summed E-state index contributed by atoms with van der Waals surface area (Å²) in [5.74, 6) is 0.575. The Labute approximate surface area is 106 Å². The molecule has 1 heterocycles. The molecule has 0 saturated carbocycles. The molecule has 0 amide bonds. The normalized spacial score (nSPS) is 12.0. The lowest BCUT2D eigenvalue weighted by Gasteiger charge is -2.11. The first-order valence-corrected chi connectivity index (χ1v) is 6.31. The highest BCUT2D eigenvalue weighted by Crippen LogP contribution is 2.34. The first-order chi connectivity index (χ1) is 8.52. The predicted molar refractivity (Wildman–Crippen MR) is 66.5 cm³/mol. The minimum absolute atomic E-state index is 0.354. The zero-order valence-electron chi connectivity index (χ0n) is 9.37. The Hall–Kier alpha value is -1.27. The number of hydrogen-bond acceptors (Lipinski definition) is 3. The zero-order chi connectivity index (χ0) is 13.2. The van der Waals surface area contributed by atoms with Crippen molar-refractivity contribution in [2.45, 2.75) is 11.1 Å². The van der Waals surface area contributed by atoms with E-state index in [1.165, 1.54) is 11.8 Å². The summed E-state index contributed by atoms with van der Waals surface area (Å²) >= 11 is 1.32. The van der Waals surface area contributed by atoms with Crippen molar-refractivity contribution < 1.29 is 13.2 Å². The highest BCUT2D eigenvalue weighted by atomic mass is 32.2. The van der Waals surface area contributed by atoms with E-state index in [-0.39, 0.29) is 0 Å². The first kappa shape index (κ1) is 13.2. The predicted octanol–water partition coefficient (Wildman–Crippen LogP) is 3.30. The van der Waals surface area contributed by atoms with E-state index < -0.39 is 11.9 Å². The van der Waals surface area contributed by atoms with E-state index in [1.807, 2.05) is 0 Å². The van der Waals surface area contributed by atoms with Crippen molar-refractivity contribution in [3.63, 3.8) is 0 Å². The summed E-state index contributed by atoms with van der Waals surface area (Å²) in [7, 11) is 0. The number of alkyl halides is 3. The fourth-order valence-electron chi connectivity index (χ4n) is 1.58. The van der Waals surface area contributed by atoms with E-state index >= 15 is 0 Å². The van der Waals surface area contributed by atoms with Gasteiger partial charge in [-0.05, 0) is 12.1 Å². The summed E-state index contributed by atoms with van der Waals surface area (Å²) in [4.78, 5) is 4.21. The van der Waals surface area contributed by atoms with Gasteiger partial charge in [-0.25, -0.2) is 4.98 Å². The van der Waals surface area contributed by atoms with Crippen molar-refractivity contribution in [1.82, 2.24) is 4.98 Å². The summed E-state index contributed by atoms with van der Waals surface area (Å²) < 4.78 is 38.2. The molecule has 2 N–H and O–H groups in total.